The molecule has 3 rings (SSSR count). The molecule has 28 heavy (non-hydrogen) atoms. The Morgan fingerprint density at radius 1 is 1.18 bits per heavy atom. The Labute approximate surface area is 167 Å². The molecule has 1 amide bonds. The molecule has 1 aliphatic carbocycles. The van der Waals surface area contributed by atoms with E-state index in [1.165, 1.54) is 4.31 Å². The second kappa shape index (κ2) is 9.09. The number of nitrogens with zero attached hydrogens (tertiary/aromatic N) is 1. The lowest BCUT2D eigenvalue weighted by Crippen LogP contribution is -2.32. The molecule has 6 nitrogen and oxygen atoms in total. The Balaban J connectivity index is 1.73. The van der Waals surface area contributed by atoms with Gasteiger partial charge < -0.3 is 10.3 Å². The van der Waals surface area contributed by atoms with Crippen LogP contribution in [0.4, 0.5) is 0 Å². The third-order valence-corrected chi connectivity index (χ3v) is 7.41. The van der Waals surface area contributed by atoms with E-state index in [9.17, 15) is 13.2 Å². The zero-order valence-electron chi connectivity index (χ0n) is 16.8. The summed E-state index contributed by atoms with van der Waals surface area (Å²) in [5, 5.41) is 3.79. The maximum absolute atomic E-state index is 12.8. The third kappa shape index (κ3) is 4.75. The van der Waals surface area contributed by atoms with Crippen molar-refractivity contribution in [3.8, 4) is 0 Å². The normalized spacial score (nSPS) is 15.5. The number of aromatic amines is 1. The monoisotopic (exact) mass is 405 g/mol. The van der Waals surface area contributed by atoms with Crippen molar-refractivity contribution in [2.45, 2.75) is 69.2 Å². The van der Waals surface area contributed by atoms with E-state index in [0.29, 0.717) is 12.2 Å². The number of nitrogens with one attached hydrogen (secondary N) is 2. The summed E-state index contributed by atoms with van der Waals surface area (Å²) in [6.07, 6.45) is 8.51. The number of rotatable bonds is 9. The lowest BCUT2D eigenvalue weighted by molar-refractivity contribution is 0.0933. The molecule has 0 saturated heterocycles. The van der Waals surface area contributed by atoms with Crippen molar-refractivity contribution >= 4 is 26.8 Å². The van der Waals surface area contributed by atoms with Gasteiger partial charge in [-0.3, -0.25) is 4.79 Å². The lowest BCUT2D eigenvalue weighted by atomic mass is 10.2. The van der Waals surface area contributed by atoms with Crippen molar-refractivity contribution in [2.24, 2.45) is 0 Å². The van der Waals surface area contributed by atoms with Gasteiger partial charge in [-0.15, -0.1) is 0 Å². The summed E-state index contributed by atoms with van der Waals surface area (Å²) in [5.74, 6) is -0.124. The topological polar surface area (TPSA) is 82.3 Å². The van der Waals surface area contributed by atoms with Gasteiger partial charge in [0.05, 0.1) is 4.90 Å². The number of H-pyrrole nitrogens is 1. The maximum Gasteiger partial charge on any atom is 0.267 e. The van der Waals surface area contributed by atoms with Gasteiger partial charge in [-0.2, -0.15) is 0 Å². The predicted molar refractivity (Wildman–Crippen MR) is 112 cm³/mol. The maximum atomic E-state index is 12.8. The van der Waals surface area contributed by atoms with Crippen molar-refractivity contribution in [3.05, 3.63) is 30.0 Å². The fourth-order valence-electron chi connectivity index (χ4n) is 3.79. The van der Waals surface area contributed by atoms with Crippen LogP contribution in [0.3, 0.4) is 0 Å². The number of benzene rings is 1. The minimum atomic E-state index is -3.53. The van der Waals surface area contributed by atoms with Crippen LogP contribution in [0.15, 0.2) is 29.2 Å². The smallest absolute Gasteiger partial charge is 0.267 e. The Hall–Kier alpha value is -1.86. The van der Waals surface area contributed by atoms with E-state index in [-0.39, 0.29) is 16.8 Å². The van der Waals surface area contributed by atoms with Gasteiger partial charge in [0.15, 0.2) is 0 Å². The van der Waals surface area contributed by atoms with E-state index in [0.717, 1.165) is 62.3 Å². The van der Waals surface area contributed by atoms with Gasteiger partial charge in [0.1, 0.15) is 5.69 Å². The fourth-order valence-corrected chi connectivity index (χ4v) is 5.03. The van der Waals surface area contributed by atoms with Crippen LogP contribution < -0.4 is 5.32 Å². The summed E-state index contributed by atoms with van der Waals surface area (Å²) in [4.78, 5) is 15.8. The van der Waals surface area contributed by atoms with Crippen molar-refractivity contribution in [3.63, 3.8) is 0 Å². The Morgan fingerprint density at radius 3 is 2.64 bits per heavy atom. The Bertz CT molecular complexity index is 914. The van der Waals surface area contributed by atoms with Crippen LogP contribution in [0.1, 0.15) is 68.8 Å². The van der Waals surface area contributed by atoms with Crippen molar-refractivity contribution in [2.75, 3.05) is 13.6 Å². The summed E-state index contributed by atoms with van der Waals surface area (Å²) in [6, 6.07) is 6.97. The molecule has 1 aliphatic rings. The third-order valence-electron chi connectivity index (χ3n) is 5.56. The van der Waals surface area contributed by atoms with E-state index in [4.69, 9.17) is 0 Å². The van der Waals surface area contributed by atoms with Gasteiger partial charge in [0.2, 0.25) is 10.0 Å². The van der Waals surface area contributed by atoms with Crippen LogP contribution in [0.2, 0.25) is 0 Å². The molecule has 1 aromatic heterocycles. The van der Waals surface area contributed by atoms with Gasteiger partial charge in [0, 0.05) is 30.5 Å². The molecule has 0 bridgehead atoms. The van der Waals surface area contributed by atoms with Crippen LogP contribution in [0.25, 0.3) is 10.9 Å². The minimum absolute atomic E-state index is 0.124. The highest BCUT2D eigenvalue weighted by Crippen LogP contribution is 2.23. The number of aromatic nitrogens is 1. The Morgan fingerprint density at radius 2 is 1.93 bits per heavy atom. The largest absolute Gasteiger partial charge is 0.351 e. The highest BCUT2D eigenvalue weighted by molar-refractivity contribution is 7.89. The van der Waals surface area contributed by atoms with Gasteiger partial charge in [-0.1, -0.05) is 39.0 Å². The first-order valence-electron chi connectivity index (χ1n) is 10.3. The molecule has 1 heterocycles. The lowest BCUT2D eigenvalue weighted by Gasteiger charge is -2.17. The van der Waals surface area contributed by atoms with Crippen molar-refractivity contribution in [1.82, 2.24) is 14.6 Å². The quantitative estimate of drug-likeness (QED) is 0.618. The van der Waals surface area contributed by atoms with Crippen LogP contribution in [-0.4, -0.2) is 43.2 Å². The molecule has 0 radical (unpaired) electrons. The molecule has 1 saturated carbocycles. The minimum Gasteiger partial charge on any atom is -0.351 e. The van der Waals surface area contributed by atoms with Crippen LogP contribution in [-0.2, 0) is 10.0 Å². The number of amides is 1. The average Bonchev–Trinajstić information content (AvgIpc) is 3.33. The van der Waals surface area contributed by atoms with Crippen molar-refractivity contribution < 1.29 is 13.2 Å². The molecule has 0 atom stereocenters. The van der Waals surface area contributed by atoms with E-state index in [1.807, 2.05) is 0 Å². The Kier molecular flexibility index (Phi) is 6.78. The highest BCUT2D eigenvalue weighted by atomic mass is 32.2. The molecule has 0 unspecified atom stereocenters. The number of carbonyl (C=O) groups excluding carboxylic acids is 1. The molecule has 2 aromatic rings. The summed E-state index contributed by atoms with van der Waals surface area (Å²) < 4.78 is 27.1. The molecule has 2 N–H and O–H groups in total. The van der Waals surface area contributed by atoms with Crippen LogP contribution in [0, 0.1) is 0 Å². The summed E-state index contributed by atoms with van der Waals surface area (Å²) in [6.45, 7) is 2.65. The predicted octanol–water partition coefficient (Wildman–Crippen LogP) is 4.04. The number of carbonyl (C=O) groups is 1. The summed E-state index contributed by atoms with van der Waals surface area (Å²) in [7, 11) is -1.90. The number of sulfonamides is 1. The zero-order chi connectivity index (χ0) is 20.1. The van der Waals surface area contributed by atoms with E-state index in [2.05, 4.69) is 17.2 Å². The van der Waals surface area contributed by atoms with E-state index in [1.54, 1.807) is 31.3 Å². The molecular weight excluding hydrogens is 374 g/mol. The molecular formula is C21H31N3O3S. The van der Waals surface area contributed by atoms with E-state index >= 15 is 0 Å². The SMILES string of the molecule is CCCCCCN(C)S(=O)(=O)c1ccc2[nH]c(C(=O)NC3CCCC3)cc2c1. The number of unbranched alkanes of at least 4 members (excludes halogenated alkanes) is 3. The molecule has 1 fully saturated rings. The summed E-state index contributed by atoms with van der Waals surface area (Å²) in [5.41, 5.74) is 1.24. The first-order chi connectivity index (χ1) is 13.4. The van der Waals surface area contributed by atoms with E-state index < -0.39 is 10.0 Å². The zero-order valence-corrected chi connectivity index (χ0v) is 17.6. The van der Waals surface area contributed by atoms with Crippen LogP contribution >= 0.6 is 0 Å². The number of hydrogen-bond acceptors (Lipinski definition) is 3. The molecule has 154 valence electrons. The van der Waals surface area contributed by atoms with Crippen molar-refractivity contribution in [1.29, 1.82) is 0 Å². The average molecular weight is 406 g/mol. The van der Waals surface area contributed by atoms with Gasteiger partial charge in [-0.25, -0.2) is 12.7 Å². The van der Waals surface area contributed by atoms with Gasteiger partial charge in [-0.05, 0) is 43.5 Å². The fraction of sp³-hybridized carbons (Fsp3) is 0.571. The molecule has 7 heteroatoms. The van der Waals surface area contributed by atoms with Crippen LogP contribution in [0.5, 0.6) is 0 Å². The second-order valence-electron chi connectivity index (χ2n) is 7.77. The number of hydrogen-bond donors (Lipinski definition) is 2. The highest BCUT2D eigenvalue weighted by Gasteiger charge is 2.22. The second-order valence-corrected chi connectivity index (χ2v) is 9.82. The molecule has 1 aromatic carbocycles. The first kappa shape index (κ1) is 20.9. The standard InChI is InChI=1S/C21H31N3O3S/c1-3-4-5-8-13-24(2)28(26,27)18-11-12-19-16(14-18)15-20(23-19)21(25)22-17-9-6-7-10-17/h11-12,14-15,17,23H,3-10,13H2,1-2H3,(H,22,25). The van der Waals surface area contributed by atoms with Gasteiger partial charge >= 0.3 is 0 Å². The molecule has 0 aliphatic heterocycles. The van der Waals surface area contributed by atoms with Gasteiger partial charge in [0.25, 0.3) is 5.91 Å². The number of fused-ring (bicyclic) bond motifs is 1. The summed E-state index contributed by atoms with van der Waals surface area (Å²) >= 11 is 0. The first-order valence-corrected chi connectivity index (χ1v) is 11.8. The molecule has 0 spiro atoms.